The molecular formula is C24H28Cl2N4O4S. The maximum absolute atomic E-state index is 13.4. The highest BCUT2D eigenvalue weighted by Gasteiger charge is 2.42. The summed E-state index contributed by atoms with van der Waals surface area (Å²) in [6, 6.07) is 14.0. The molecule has 0 bridgehead atoms. The summed E-state index contributed by atoms with van der Waals surface area (Å²) in [5.41, 5.74) is 1.47. The van der Waals surface area contributed by atoms with Gasteiger partial charge in [-0.3, -0.25) is 4.79 Å². The number of halogens is 2. The molecule has 0 saturated carbocycles. The Bertz CT molecular complexity index is 1200. The number of piperazine rings is 1. The summed E-state index contributed by atoms with van der Waals surface area (Å²) in [6.07, 6.45) is 1.18. The normalized spacial score (nSPS) is 21.3. The number of carbonyl (C=O) groups excluding carboxylic acids is 2. The number of hydrogen-bond donors (Lipinski definition) is 0. The lowest BCUT2D eigenvalue weighted by Gasteiger charge is -2.35. The molecule has 2 atom stereocenters. The van der Waals surface area contributed by atoms with Crippen molar-refractivity contribution >= 4 is 45.2 Å². The van der Waals surface area contributed by atoms with Gasteiger partial charge in [0.15, 0.2) is 0 Å². The van der Waals surface area contributed by atoms with Gasteiger partial charge >= 0.3 is 6.03 Å². The van der Waals surface area contributed by atoms with Crippen molar-refractivity contribution in [1.82, 2.24) is 19.0 Å². The highest BCUT2D eigenvalue weighted by Crippen LogP contribution is 2.35. The molecule has 2 aliphatic rings. The van der Waals surface area contributed by atoms with E-state index in [2.05, 4.69) is 0 Å². The van der Waals surface area contributed by atoms with Crippen LogP contribution in [0.4, 0.5) is 4.79 Å². The molecule has 11 heteroatoms. The third-order valence-electron chi connectivity index (χ3n) is 6.75. The Hall–Kier alpha value is -2.33. The van der Waals surface area contributed by atoms with Crippen molar-refractivity contribution in [2.45, 2.75) is 12.0 Å². The molecule has 2 fully saturated rings. The zero-order valence-electron chi connectivity index (χ0n) is 19.6. The number of urea groups is 1. The van der Waals surface area contributed by atoms with Crippen molar-refractivity contribution in [1.29, 1.82) is 0 Å². The van der Waals surface area contributed by atoms with Crippen molar-refractivity contribution in [2.24, 2.45) is 0 Å². The second-order valence-corrected chi connectivity index (χ2v) is 11.8. The van der Waals surface area contributed by atoms with Crippen molar-refractivity contribution in [3.8, 4) is 0 Å². The van der Waals surface area contributed by atoms with Crippen LogP contribution in [0.1, 0.15) is 21.8 Å². The van der Waals surface area contributed by atoms with E-state index in [0.717, 1.165) is 5.56 Å². The third kappa shape index (κ3) is 5.58. The molecule has 2 aromatic carbocycles. The van der Waals surface area contributed by atoms with Crippen LogP contribution in [-0.2, 0) is 10.0 Å². The van der Waals surface area contributed by atoms with Crippen LogP contribution in [0.2, 0.25) is 10.0 Å². The molecule has 2 aromatic rings. The van der Waals surface area contributed by atoms with Crippen molar-refractivity contribution in [3.05, 3.63) is 69.7 Å². The Morgan fingerprint density at radius 2 is 1.57 bits per heavy atom. The molecular weight excluding hydrogens is 511 g/mol. The summed E-state index contributed by atoms with van der Waals surface area (Å²) in [4.78, 5) is 31.7. The monoisotopic (exact) mass is 538 g/mol. The van der Waals surface area contributed by atoms with Gasteiger partial charge in [0, 0.05) is 57.8 Å². The van der Waals surface area contributed by atoms with E-state index in [1.54, 1.807) is 46.0 Å². The highest BCUT2D eigenvalue weighted by molar-refractivity contribution is 7.88. The van der Waals surface area contributed by atoms with Gasteiger partial charge in [-0.25, -0.2) is 13.2 Å². The molecule has 2 heterocycles. The first-order valence-corrected chi connectivity index (χ1v) is 13.9. The second kappa shape index (κ2) is 10.3. The van der Waals surface area contributed by atoms with Gasteiger partial charge in [-0.05, 0) is 29.8 Å². The van der Waals surface area contributed by atoms with Crippen LogP contribution >= 0.6 is 23.2 Å². The fourth-order valence-corrected chi connectivity index (χ4v) is 5.88. The number of sulfonamides is 1. The lowest BCUT2D eigenvalue weighted by molar-refractivity contribution is 0.0723. The molecule has 0 N–H and O–H groups in total. The molecule has 0 aromatic heterocycles. The topological polar surface area (TPSA) is 81.2 Å². The lowest BCUT2D eigenvalue weighted by Crippen LogP contribution is -2.53. The van der Waals surface area contributed by atoms with Gasteiger partial charge in [0.1, 0.15) is 0 Å². The Balaban J connectivity index is 1.56. The average molecular weight is 539 g/mol. The summed E-state index contributed by atoms with van der Waals surface area (Å²) in [7, 11) is -1.53. The first kappa shape index (κ1) is 25.8. The summed E-state index contributed by atoms with van der Waals surface area (Å²) in [6.45, 7) is 1.94. The fourth-order valence-electron chi connectivity index (χ4n) is 4.75. The number of nitrogens with zero attached hydrogens (tertiary/aromatic N) is 4. The predicted molar refractivity (Wildman–Crippen MR) is 136 cm³/mol. The average Bonchev–Trinajstić information content (AvgIpc) is 3.30. The molecule has 0 radical (unpaired) electrons. The van der Waals surface area contributed by atoms with E-state index in [1.165, 1.54) is 10.6 Å². The smallest absolute Gasteiger partial charge is 0.320 e. The molecule has 4 rings (SSSR count). The quantitative estimate of drug-likeness (QED) is 0.598. The van der Waals surface area contributed by atoms with Gasteiger partial charge in [-0.15, -0.1) is 0 Å². The zero-order chi connectivity index (χ0) is 25.3. The van der Waals surface area contributed by atoms with Crippen molar-refractivity contribution in [2.75, 3.05) is 52.6 Å². The molecule has 35 heavy (non-hydrogen) atoms. The van der Waals surface area contributed by atoms with E-state index in [0.29, 0.717) is 41.8 Å². The van der Waals surface area contributed by atoms with Gasteiger partial charge in [0.25, 0.3) is 5.91 Å². The molecule has 188 valence electrons. The standard InChI is InChI=1S/C24H28Cl2N4O4S/c1-27(23(31)17-6-4-3-5-7-17)22-16-29(15-19(22)18-8-9-20(25)21(26)14-18)24(32)28-10-12-30(13-11-28)35(2,33)34/h3-9,14,19,22H,10-13,15-16H2,1-2H3/t19?,22-/m1/s1. The maximum Gasteiger partial charge on any atom is 0.320 e. The molecule has 0 spiro atoms. The van der Waals surface area contributed by atoms with Gasteiger partial charge in [0.05, 0.1) is 22.3 Å². The second-order valence-electron chi connectivity index (χ2n) is 8.97. The molecule has 3 amide bonds. The van der Waals surface area contributed by atoms with E-state index in [1.807, 2.05) is 24.3 Å². The van der Waals surface area contributed by atoms with E-state index in [-0.39, 0.29) is 37.0 Å². The minimum atomic E-state index is -3.29. The van der Waals surface area contributed by atoms with Crippen LogP contribution < -0.4 is 0 Å². The maximum atomic E-state index is 13.4. The summed E-state index contributed by atoms with van der Waals surface area (Å²) in [5, 5.41) is 0.858. The van der Waals surface area contributed by atoms with Gasteiger partial charge < -0.3 is 14.7 Å². The van der Waals surface area contributed by atoms with E-state index in [9.17, 15) is 18.0 Å². The predicted octanol–water partition coefficient (Wildman–Crippen LogP) is 3.23. The van der Waals surface area contributed by atoms with Crippen LogP contribution in [0, 0.1) is 0 Å². The number of rotatable bonds is 4. The fraction of sp³-hybridized carbons (Fsp3) is 0.417. The van der Waals surface area contributed by atoms with Crippen LogP contribution in [-0.4, -0.2) is 98.0 Å². The lowest BCUT2D eigenvalue weighted by atomic mass is 9.93. The van der Waals surface area contributed by atoms with E-state index >= 15 is 0 Å². The van der Waals surface area contributed by atoms with Gasteiger partial charge in [-0.2, -0.15) is 4.31 Å². The SMILES string of the molecule is CN(C(=O)c1ccccc1)[C@@H]1CN(C(=O)N2CCN(S(C)(=O)=O)CC2)CC1c1ccc(Cl)c(Cl)c1. The van der Waals surface area contributed by atoms with E-state index < -0.39 is 10.0 Å². The number of hydrogen-bond acceptors (Lipinski definition) is 4. The highest BCUT2D eigenvalue weighted by atomic mass is 35.5. The summed E-state index contributed by atoms with van der Waals surface area (Å²) >= 11 is 12.4. The largest absolute Gasteiger partial charge is 0.336 e. The Kier molecular flexibility index (Phi) is 7.61. The third-order valence-corrected chi connectivity index (χ3v) is 8.79. The Morgan fingerprint density at radius 1 is 0.914 bits per heavy atom. The van der Waals surface area contributed by atoms with Crippen molar-refractivity contribution < 1.29 is 18.0 Å². The minimum absolute atomic E-state index is 0.128. The number of benzene rings is 2. The summed E-state index contributed by atoms with van der Waals surface area (Å²) < 4.78 is 25.0. The molecule has 2 saturated heterocycles. The first-order valence-electron chi connectivity index (χ1n) is 11.3. The van der Waals surface area contributed by atoms with E-state index in [4.69, 9.17) is 23.2 Å². The van der Waals surface area contributed by atoms with Gasteiger partial charge in [-0.1, -0.05) is 47.5 Å². The van der Waals surface area contributed by atoms with Crippen LogP contribution in [0.15, 0.2) is 48.5 Å². The molecule has 2 aliphatic heterocycles. The number of amides is 3. The first-order chi connectivity index (χ1) is 16.6. The van der Waals surface area contributed by atoms with Crippen LogP contribution in [0.5, 0.6) is 0 Å². The zero-order valence-corrected chi connectivity index (χ0v) is 21.9. The number of likely N-dealkylation sites (tertiary alicyclic amines) is 1. The van der Waals surface area contributed by atoms with Crippen LogP contribution in [0.3, 0.4) is 0 Å². The Labute approximate surface area is 216 Å². The molecule has 1 unspecified atom stereocenters. The number of likely N-dealkylation sites (N-methyl/N-ethyl adjacent to an activating group) is 1. The molecule has 0 aliphatic carbocycles. The van der Waals surface area contributed by atoms with Crippen molar-refractivity contribution in [3.63, 3.8) is 0 Å². The molecule has 8 nitrogen and oxygen atoms in total. The van der Waals surface area contributed by atoms with Gasteiger partial charge in [0.2, 0.25) is 10.0 Å². The minimum Gasteiger partial charge on any atom is -0.336 e. The summed E-state index contributed by atoms with van der Waals surface area (Å²) in [5.74, 6) is -0.291. The van der Waals surface area contributed by atoms with Crippen LogP contribution in [0.25, 0.3) is 0 Å². The Morgan fingerprint density at radius 3 is 2.17 bits per heavy atom. The number of carbonyl (C=O) groups is 2.